The summed E-state index contributed by atoms with van der Waals surface area (Å²) >= 11 is 0. The van der Waals surface area contributed by atoms with Crippen molar-refractivity contribution < 1.29 is 4.79 Å². The fourth-order valence-electron chi connectivity index (χ4n) is 1.34. The second kappa shape index (κ2) is 4.61. The van der Waals surface area contributed by atoms with Crippen molar-refractivity contribution in [3.63, 3.8) is 0 Å². The minimum absolute atomic E-state index is 0.247. The van der Waals surface area contributed by atoms with Gasteiger partial charge in [-0.2, -0.15) is 0 Å². The number of nitrogens with one attached hydrogen (secondary N) is 1. The van der Waals surface area contributed by atoms with E-state index in [0.717, 1.165) is 26.1 Å². The fourth-order valence-corrected chi connectivity index (χ4v) is 1.34. The molecule has 1 rings (SSSR count). The lowest BCUT2D eigenvalue weighted by Gasteiger charge is -2.30. The van der Waals surface area contributed by atoms with Gasteiger partial charge in [0.25, 0.3) is 0 Å². The van der Waals surface area contributed by atoms with Crippen molar-refractivity contribution in [2.24, 2.45) is 11.8 Å². The van der Waals surface area contributed by atoms with Crippen molar-refractivity contribution in [2.75, 3.05) is 26.7 Å². The molecule has 1 heterocycles. The SMILES string of the molecule is CC(C)CCN(C)C(=O)C1CNC1. The van der Waals surface area contributed by atoms with E-state index in [-0.39, 0.29) is 5.92 Å². The highest BCUT2D eigenvalue weighted by Crippen LogP contribution is 2.08. The van der Waals surface area contributed by atoms with Gasteiger partial charge in [0, 0.05) is 26.7 Å². The van der Waals surface area contributed by atoms with Crippen molar-refractivity contribution in [3.8, 4) is 0 Å². The summed E-state index contributed by atoms with van der Waals surface area (Å²) in [6, 6.07) is 0. The van der Waals surface area contributed by atoms with Crippen LogP contribution in [0.15, 0.2) is 0 Å². The molecular formula is C10H20N2O. The zero-order valence-corrected chi connectivity index (χ0v) is 8.84. The molecule has 1 amide bonds. The number of carbonyl (C=O) groups excluding carboxylic acids is 1. The van der Waals surface area contributed by atoms with E-state index >= 15 is 0 Å². The van der Waals surface area contributed by atoms with Gasteiger partial charge in [-0.15, -0.1) is 0 Å². The van der Waals surface area contributed by atoms with E-state index < -0.39 is 0 Å². The maximum Gasteiger partial charge on any atom is 0.227 e. The highest BCUT2D eigenvalue weighted by molar-refractivity contribution is 5.79. The largest absolute Gasteiger partial charge is 0.345 e. The zero-order valence-electron chi connectivity index (χ0n) is 8.84. The molecule has 3 nitrogen and oxygen atoms in total. The van der Waals surface area contributed by atoms with Gasteiger partial charge in [0.15, 0.2) is 0 Å². The topological polar surface area (TPSA) is 32.3 Å². The van der Waals surface area contributed by atoms with Crippen molar-refractivity contribution in [3.05, 3.63) is 0 Å². The second-order valence-corrected chi connectivity index (χ2v) is 4.30. The van der Waals surface area contributed by atoms with Crippen molar-refractivity contribution in [1.82, 2.24) is 10.2 Å². The molecular weight excluding hydrogens is 164 g/mol. The number of rotatable bonds is 4. The highest BCUT2D eigenvalue weighted by atomic mass is 16.2. The van der Waals surface area contributed by atoms with Gasteiger partial charge in [-0.05, 0) is 12.3 Å². The predicted octanol–water partition coefficient (Wildman–Crippen LogP) is 0.710. The lowest BCUT2D eigenvalue weighted by molar-refractivity contribution is -0.135. The summed E-state index contributed by atoms with van der Waals surface area (Å²) in [4.78, 5) is 13.5. The summed E-state index contributed by atoms with van der Waals surface area (Å²) in [6.07, 6.45) is 1.10. The third kappa shape index (κ3) is 2.99. The number of nitrogens with zero attached hydrogens (tertiary/aromatic N) is 1. The number of hydrogen-bond acceptors (Lipinski definition) is 2. The molecule has 1 aliphatic heterocycles. The first kappa shape index (κ1) is 10.5. The molecule has 76 valence electrons. The van der Waals surface area contributed by atoms with Gasteiger partial charge < -0.3 is 10.2 Å². The molecule has 0 aromatic rings. The molecule has 0 unspecified atom stereocenters. The molecule has 0 atom stereocenters. The van der Waals surface area contributed by atoms with Gasteiger partial charge in [0.05, 0.1) is 5.92 Å². The van der Waals surface area contributed by atoms with Crippen LogP contribution in [-0.2, 0) is 4.79 Å². The smallest absolute Gasteiger partial charge is 0.227 e. The first-order valence-electron chi connectivity index (χ1n) is 5.07. The number of amides is 1. The van der Waals surface area contributed by atoms with Crippen LogP contribution in [0.3, 0.4) is 0 Å². The highest BCUT2D eigenvalue weighted by Gasteiger charge is 2.27. The van der Waals surface area contributed by atoms with Gasteiger partial charge >= 0.3 is 0 Å². The van der Waals surface area contributed by atoms with Crippen molar-refractivity contribution >= 4 is 5.91 Å². The van der Waals surface area contributed by atoms with E-state index in [1.165, 1.54) is 0 Å². The van der Waals surface area contributed by atoms with E-state index in [9.17, 15) is 4.79 Å². The van der Waals surface area contributed by atoms with Gasteiger partial charge in [0.1, 0.15) is 0 Å². The Kier molecular flexibility index (Phi) is 3.72. The Hall–Kier alpha value is -0.570. The van der Waals surface area contributed by atoms with E-state index in [1.807, 2.05) is 11.9 Å². The van der Waals surface area contributed by atoms with Gasteiger partial charge in [-0.1, -0.05) is 13.8 Å². The molecule has 0 aromatic carbocycles. The van der Waals surface area contributed by atoms with Gasteiger partial charge in [0.2, 0.25) is 5.91 Å². The molecule has 1 saturated heterocycles. The van der Waals surface area contributed by atoms with E-state index in [4.69, 9.17) is 0 Å². The van der Waals surface area contributed by atoms with Crippen LogP contribution in [0.25, 0.3) is 0 Å². The molecule has 1 aliphatic rings. The Morgan fingerprint density at radius 3 is 2.54 bits per heavy atom. The molecule has 3 heteroatoms. The third-order valence-electron chi connectivity index (χ3n) is 2.55. The summed E-state index contributed by atoms with van der Waals surface area (Å²) in [6.45, 7) is 7.00. The molecule has 0 bridgehead atoms. The summed E-state index contributed by atoms with van der Waals surface area (Å²) in [7, 11) is 1.91. The quantitative estimate of drug-likeness (QED) is 0.698. The van der Waals surface area contributed by atoms with Crippen molar-refractivity contribution in [1.29, 1.82) is 0 Å². The molecule has 0 radical (unpaired) electrons. The van der Waals surface area contributed by atoms with Crippen LogP contribution in [0.2, 0.25) is 0 Å². The minimum atomic E-state index is 0.247. The Morgan fingerprint density at radius 1 is 1.54 bits per heavy atom. The maximum absolute atomic E-state index is 11.6. The Labute approximate surface area is 80.5 Å². The van der Waals surface area contributed by atoms with E-state index in [0.29, 0.717) is 11.8 Å². The Balaban J connectivity index is 2.21. The zero-order chi connectivity index (χ0) is 9.84. The summed E-state index contributed by atoms with van der Waals surface area (Å²) in [5.74, 6) is 1.23. The van der Waals surface area contributed by atoms with Gasteiger partial charge in [-0.25, -0.2) is 0 Å². The third-order valence-corrected chi connectivity index (χ3v) is 2.55. The molecule has 13 heavy (non-hydrogen) atoms. The molecule has 0 aromatic heterocycles. The normalized spacial score (nSPS) is 17.2. The van der Waals surface area contributed by atoms with Crippen LogP contribution in [0.1, 0.15) is 20.3 Å². The van der Waals surface area contributed by atoms with E-state index in [1.54, 1.807) is 0 Å². The molecule has 1 N–H and O–H groups in total. The summed E-state index contributed by atoms with van der Waals surface area (Å²) in [5.41, 5.74) is 0. The van der Waals surface area contributed by atoms with Crippen LogP contribution in [0.4, 0.5) is 0 Å². The first-order chi connectivity index (χ1) is 6.11. The number of hydrogen-bond donors (Lipinski definition) is 1. The lowest BCUT2D eigenvalue weighted by atomic mass is 10.0. The average molecular weight is 184 g/mol. The first-order valence-corrected chi connectivity index (χ1v) is 5.07. The summed E-state index contributed by atoms with van der Waals surface area (Å²) < 4.78 is 0. The number of carbonyl (C=O) groups is 1. The van der Waals surface area contributed by atoms with Crippen LogP contribution in [0, 0.1) is 11.8 Å². The Bertz CT molecular complexity index is 176. The average Bonchev–Trinajstić information content (AvgIpc) is 1.96. The maximum atomic E-state index is 11.6. The predicted molar refractivity (Wildman–Crippen MR) is 53.5 cm³/mol. The van der Waals surface area contributed by atoms with Gasteiger partial charge in [-0.3, -0.25) is 4.79 Å². The molecule has 0 aliphatic carbocycles. The van der Waals surface area contributed by atoms with Crippen LogP contribution >= 0.6 is 0 Å². The monoisotopic (exact) mass is 184 g/mol. The minimum Gasteiger partial charge on any atom is -0.345 e. The van der Waals surface area contributed by atoms with E-state index in [2.05, 4.69) is 19.2 Å². The van der Waals surface area contributed by atoms with Crippen LogP contribution in [-0.4, -0.2) is 37.5 Å². The Morgan fingerprint density at radius 2 is 2.15 bits per heavy atom. The summed E-state index contributed by atoms with van der Waals surface area (Å²) in [5, 5.41) is 3.11. The van der Waals surface area contributed by atoms with Crippen LogP contribution in [0.5, 0.6) is 0 Å². The van der Waals surface area contributed by atoms with Crippen molar-refractivity contribution in [2.45, 2.75) is 20.3 Å². The fraction of sp³-hybridized carbons (Fsp3) is 0.900. The molecule has 0 saturated carbocycles. The molecule has 0 spiro atoms. The second-order valence-electron chi connectivity index (χ2n) is 4.30. The standard InChI is InChI=1S/C10H20N2O/c1-8(2)4-5-12(3)10(13)9-6-11-7-9/h8-9,11H,4-7H2,1-3H3. The lowest BCUT2D eigenvalue weighted by Crippen LogP contribution is -2.51. The molecule has 1 fully saturated rings. The van der Waals surface area contributed by atoms with Crippen LogP contribution < -0.4 is 5.32 Å².